The molecule has 0 saturated heterocycles. The van der Waals surface area contributed by atoms with E-state index in [0.717, 1.165) is 6.42 Å². The van der Waals surface area contributed by atoms with E-state index < -0.39 is 6.43 Å². The van der Waals surface area contributed by atoms with Gasteiger partial charge in [0.1, 0.15) is 11.4 Å². The number of rotatable bonds is 2. The fourth-order valence-electron chi connectivity index (χ4n) is 2.59. The van der Waals surface area contributed by atoms with E-state index in [1.807, 2.05) is 13.8 Å². The number of hydrogen-bond acceptors (Lipinski definition) is 2. The second kappa shape index (κ2) is 2.90. The average molecular weight is 226 g/mol. The number of ketones is 1. The molecule has 0 aliphatic heterocycles. The van der Waals surface area contributed by atoms with E-state index in [0.29, 0.717) is 11.3 Å². The highest BCUT2D eigenvalue weighted by Gasteiger charge is 2.56. The van der Waals surface area contributed by atoms with Crippen molar-refractivity contribution in [2.75, 3.05) is 0 Å². The van der Waals surface area contributed by atoms with Gasteiger partial charge in [0, 0.05) is 17.5 Å². The Balaban J connectivity index is 2.21. The molecule has 2 aliphatic carbocycles. The predicted octanol–water partition coefficient (Wildman–Crippen LogP) is 2.70. The molecule has 1 aromatic heterocycles. The number of carbonyl (C=O) groups is 1. The monoisotopic (exact) mass is 226 g/mol. The molecule has 0 aromatic carbocycles. The number of carbonyl (C=O) groups excluding carboxylic acids is 1. The number of nitrogens with zero attached hydrogens (tertiary/aromatic N) is 2. The minimum atomic E-state index is -2.58. The maximum Gasteiger partial charge on any atom is 0.282 e. The normalized spacial score (nSPS) is 26.5. The number of hydrogen-bond donors (Lipinski definition) is 0. The van der Waals surface area contributed by atoms with Crippen LogP contribution in [0.15, 0.2) is 0 Å². The maximum atomic E-state index is 12.8. The number of Topliss-reactive ketones (excluding diaryl/α,β-unsaturated/α-hetero) is 1. The van der Waals surface area contributed by atoms with Gasteiger partial charge in [0.05, 0.1) is 0 Å². The molecule has 3 nitrogen and oxygen atoms in total. The fourth-order valence-corrected chi connectivity index (χ4v) is 2.59. The topological polar surface area (TPSA) is 34.9 Å². The van der Waals surface area contributed by atoms with Gasteiger partial charge in [-0.2, -0.15) is 5.10 Å². The van der Waals surface area contributed by atoms with Crippen LogP contribution in [0.4, 0.5) is 8.78 Å². The molecule has 0 bridgehead atoms. The van der Waals surface area contributed by atoms with E-state index in [-0.39, 0.29) is 29.4 Å². The first kappa shape index (κ1) is 9.93. The zero-order valence-corrected chi connectivity index (χ0v) is 9.08. The minimum Gasteiger partial charge on any atom is -0.292 e. The van der Waals surface area contributed by atoms with Gasteiger partial charge < -0.3 is 0 Å². The Morgan fingerprint density at radius 3 is 2.62 bits per heavy atom. The van der Waals surface area contributed by atoms with Crippen molar-refractivity contribution in [2.45, 2.75) is 38.7 Å². The number of halogens is 2. The average Bonchev–Trinajstić information content (AvgIpc) is 2.79. The Labute approximate surface area is 91.4 Å². The molecule has 3 rings (SSSR count). The van der Waals surface area contributed by atoms with Crippen LogP contribution in [0, 0.1) is 5.92 Å². The van der Waals surface area contributed by atoms with E-state index in [2.05, 4.69) is 5.10 Å². The lowest BCUT2D eigenvalue weighted by atomic mass is 10.1. The Hall–Kier alpha value is -1.26. The van der Waals surface area contributed by atoms with E-state index >= 15 is 0 Å². The molecule has 1 fully saturated rings. The largest absolute Gasteiger partial charge is 0.292 e. The second-order valence-electron chi connectivity index (χ2n) is 4.80. The summed E-state index contributed by atoms with van der Waals surface area (Å²) in [5, 5.41) is 3.90. The highest BCUT2D eigenvalue weighted by Crippen LogP contribution is 2.58. The zero-order valence-electron chi connectivity index (χ0n) is 9.08. The minimum absolute atomic E-state index is 0.00750. The molecule has 86 valence electrons. The van der Waals surface area contributed by atoms with E-state index in [1.54, 1.807) is 0 Å². The van der Waals surface area contributed by atoms with Crippen molar-refractivity contribution < 1.29 is 13.6 Å². The Morgan fingerprint density at radius 1 is 1.38 bits per heavy atom. The van der Waals surface area contributed by atoms with E-state index in [4.69, 9.17) is 0 Å². The predicted molar refractivity (Wildman–Crippen MR) is 52.7 cm³/mol. The maximum absolute atomic E-state index is 12.8. The molecular formula is C11H12F2N2O. The Kier molecular flexibility index (Phi) is 1.80. The van der Waals surface area contributed by atoms with Crippen molar-refractivity contribution in [3.8, 4) is 0 Å². The van der Waals surface area contributed by atoms with Gasteiger partial charge in [0.15, 0.2) is 5.78 Å². The highest BCUT2D eigenvalue weighted by molar-refractivity contribution is 6.05. The van der Waals surface area contributed by atoms with Gasteiger partial charge >= 0.3 is 0 Å². The van der Waals surface area contributed by atoms with Gasteiger partial charge in [-0.05, 0) is 26.2 Å². The molecule has 5 heteroatoms. The van der Waals surface area contributed by atoms with Gasteiger partial charge in [-0.15, -0.1) is 0 Å². The van der Waals surface area contributed by atoms with Crippen LogP contribution >= 0.6 is 0 Å². The summed E-state index contributed by atoms with van der Waals surface area (Å²) in [6.07, 6.45) is -1.85. The molecule has 2 aliphatic rings. The summed E-state index contributed by atoms with van der Waals surface area (Å²) in [6.45, 7) is 3.69. The first-order chi connectivity index (χ1) is 7.52. The van der Waals surface area contributed by atoms with Crippen LogP contribution in [0.3, 0.4) is 0 Å². The third kappa shape index (κ3) is 1.06. The molecule has 1 saturated carbocycles. The van der Waals surface area contributed by atoms with Crippen molar-refractivity contribution in [2.24, 2.45) is 5.92 Å². The number of aromatic nitrogens is 2. The van der Waals surface area contributed by atoms with Gasteiger partial charge in [0.25, 0.3) is 6.43 Å². The standard InChI is InChI=1S/C11H12F2N2O/c1-4(2)15-9-7(8(14-15)11(12)13)5-3-6(5)10(9)16/h4-6,11H,3H2,1-2H3. The van der Waals surface area contributed by atoms with Crippen LogP contribution in [-0.2, 0) is 0 Å². The van der Waals surface area contributed by atoms with Crippen LogP contribution in [0.1, 0.15) is 60.4 Å². The SMILES string of the molecule is CC(C)n1nc(C(F)F)c2c1C(=O)C1CC21. The molecule has 1 heterocycles. The van der Waals surface area contributed by atoms with Crippen molar-refractivity contribution >= 4 is 5.78 Å². The third-order valence-corrected chi connectivity index (χ3v) is 3.40. The lowest BCUT2D eigenvalue weighted by Crippen LogP contribution is -2.12. The second-order valence-corrected chi connectivity index (χ2v) is 4.80. The first-order valence-electron chi connectivity index (χ1n) is 5.47. The summed E-state index contributed by atoms with van der Waals surface area (Å²) in [6, 6.07) is -0.0531. The van der Waals surface area contributed by atoms with Crippen LogP contribution in [0.2, 0.25) is 0 Å². The molecule has 0 radical (unpaired) electrons. The molecule has 2 atom stereocenters. The van der Waals surface area contributed by atoms with Crippen LogP contribution in [0.5, 0.6) is 0 Å². The summed E-state index contributed by atoms with van der Waals surface area (Å²) in [4.78, 5) is 11.9. The molecule has 0 N–H and O–H groups in total. The molecule has 1 aromatic rings. The van der Waals surface area contributed by atoms with Crippen LogP contribution in [0.25, 0.3) is 0 Å². The van der Waals surface area contributed by atoms with Crippen LogP contribution < -0.4 is 0 Å². The summed E-state index contributed by atoms with van der Waals surface area (Å²) < 4.78 is 27.1. The Bertz CT molecular complexity index is 479. The summed E-state index contributed by atoms with van der Waals surface area (Å²) in [5.74, 6) is 0.00241. The van der Waals surface area contributed by atoms with Gasteiger partial charge in [-0.1, -0.05) is 0 Å². The third-order valence-electron chi connectivity index (χ3n) is 3.40. The van der Waals surface area contributed by atoms with Gasteiger partial charge in [0.2, 0.25) is 0 Å². The molecule has 2 unspecified atom stereocenters. The smallest absolute Gasteiger partial charge is 0.282 e. The quantitative estimate of drug-likeness (QED) is 0.777. The summed E-state index contributed by atoms with van der Waals surface area (Å²) >= 11 is 0. The highest BCUT2D eigenvalue weighted by atomic mass is 19.3. The Morgan fingerprint density at radius 2 is 2.06 bits per heavy atom. The van der Waals surface area contributed by atoms with Crippen molar-refractivity contribution in [1.29, 1.82) is 0 Å². The van der Waals surface area contributed by atoms with Gasteiger partial charge in [-0.25, -0.2) is 8.78 Å². The lowest BCUT2D eigenvalue weighted by molar-refractivity contribution is 0.0961. The van der Waals surface area contributed by atoms with Crippen LogP contribution in [-0.4, -0.2) is 15.6 Å². The summed E-state index contributed by atoms with van der Waals surface area (Å²) in [7, 11) is 0. The van der Waals surface area contributed by atoms with Crippen molar-refractivity contribution in [3.63, 3.8) is 0 Å². The fraction of sp³-hybridized carbons (Fsp3) is 0.636. The number of fused-ring (bicyclic) bond motifs is 3. The van der Waals surface area contributed by atoms with Crippen molar-refractivity contribution in [3.05, 3.63) is 17.0 Å². The molecule has 16 heavy (non-hydrogen) atoms. The number of alkyl halides is 2. The van der Waals surface area contributed by atoms with E-state index in [9.17, 15) is 13.6 Å². The molecular weight excluding hydrogens is 214 g/mol. The van der Waals surface area contributed by atoms with Crippen molar-refractivity contribution in [1.82, 2.24) is 9.78 Å². The molecule has 0 spiro atoms. The molecule has 0 amide bonds. The summed E-state index contributed by atoms with van der Waals surface area (Å²) in [5.41, 5.74) is 0.785. The first-order valence-corrected chi connectivity index (χ1v) is 5.47. The zero-order chi connectivity index (χ0) is 11.6. The lowest BCUT2D eigenvalue weighted by Gasteiger charge is -2.08. The van der Waals surface area contributed by atoms with E-state index in [1.165, 1.54) is 4.68 Å². The van der Waals surface area contributed by atoms with Gasteiger partial charge in [-0.3, -0.25) is 9.48 Å².